The predicted molar refractivity (Wildman–Crippen MR) is 162 cm³/mol. The van der Waals surface area contributed by atoms with Crippen molar-refractivity contribution in [2.75, 3.05) is 42.7 Å². The van der Waals surface area contributed by atoms with Crippen LogP contribution in [0.4, 0.5) is 0 Å². The van der Waals surface area contributed by atoms with Crippen molar-refractivity contribution in [3.63, 3.8) is 0 Å². The first-order valence-electron chi connectivity index (χ1n) is 13.6. The molecule has 0 heterocycles. The fraction of sp³-hybridized carbons (Fsp3) is 0.294. The molecule has 4 rings (SSSR count). The van der Waals surface area contributed by atoms with Crippen molar-refractivity contribution in [3.8, 4) is 51.7 Å². The van der Waals surface area contributed by atoms with Crippen LogP contribution in [0.1, 0.15) is 22.3 Å². The van der Waals surface area contributed by atoms with Gasteiger partial charge in [-0.15, -0.1) is 0 Å². The van der Waals surface area contributed by atoms with Crippen molar-refractivity contribution in [2.24, 2.45) is 0 Å². The van der Waals surface area contributed by atoms with E-state index in [2.05, 4.69) is 6.07 Å². The summed E-state index contributed by atoms with van der Waals surface area (Å²) >= 11 is 0. The fourth-order valence-electron chi connectivity index (χ4n) is 4.83. The van der Waals surface area contributed by atoms with Crippen LogP contribution in [-0.2, 0) is 25.7 Å². The largest absolute Gasteiger partial charge is 0.504 e. The molecule has 0 aliphatic carbocycles. The summed E-state index contributed by atoms with van der Waals surface area (Å²) in [7, 11) is 9.59. The van der Waals surface area contributed by atoms with E-state index in [0.717, 1.165) is 34.4 Å². The van der Waals surface area contributed by atoms with Gasteiger partial charge in [-0.2, -0.15) is 0 Å². The lowest BCUT2D eigenvalue weighted by molar-refractivity contribution is 0.335. The Morgan fingerprint density at radius 3 is 1.81 bits per heavy atom. The monoisotopic (exact) mass is 574 g/mol. The Morgan fingerprint density at radius 2 is 1.12 bits per heavy atom. The van der Waals surface area contributed by atoms with Gasteiger partial charge < -0.3 is 38.3 Å². The summed E-state index contributed by atoms with van der Waals surface area (Å²) in [5, 5.41) is 10.8. The third-order valence-corrected chi connectivity index (χ3v) is 7.05. The fourth-order valence-corrected chi connectivity index (χ4v) is 4.83. The van der Waals surface area contributed by atoms with Crippen LogP contribution >= 0.6 is 0 Å². The third kappa shape index (κ3) is 7.13. The standard InChI is InChI=1S/C34H38O8/c1-36-26-9-7-8-22(16-26)12-14-25-20-32(31(40-5)21-29(25)38-3)42-33-19-24(17-27(35)34(33)41-6)11-10-23-13-15-28(37-2)30(18-23)39-4/h7-9,13,15-21,35H,10-12,14H2,1-6H3. The summed E-state index contributed by atoms with van der Waals surface area (Å²) in [6.07, 6.45) is 2.83. The normalized spacial score (nSPS) is 10.6. The molecule has 222 valence electrons. The molecule has 0 aromatic heterocycles. The lowest BCUT2D eigenvalue weighted by Crippen LogP contribution is -2.01. The summed E-state index contributed by atoms with van der Waals surface area (Å²) in [4.78, 5) is 0. The van der Waals surface area contributed by atoms with Crippen molar-refractivity contribution >= 4 is 0 Å². The van der Waals surface area contributed by atoms with E-state index in [0.29, 0.717) is 53.8 Å². The van der Waals surface area contributed by atoms with E-state index in [4.69, 9.17) is 33.2 Å². The highest BCUT2D eigenvalue weighted by Gasteiger charge is 2.19. The number of hydrogen-bond acceptors (Lipinski definition) is 8. The Bertz CT molecular complexity index is 1500. The van der Waals surface area contributed by atoms with Gasteiger partial charge in [-0.3, -0.25) is 0 Å². The third-order valence-electron chi connectivity index (χ3n) is 7.05. The summed E-state index contributed by atoms with van der Waals surface area (Å²) in [6.45, 7) is 0. The second kappa shape index (κ2) is 14.3. The van der Waals surface area contributed by atoms with Gasteiger partial charge in [0.1, 0.15) is 11.5 Å². The molecule has 0 saturated heterocycles. The van der Waals surface area contributed by atoms with Crippen LogP contribution in [0.25, 0.3) is 0 Å². The van der Waals surface area contributed by atoms with Gasteiger partial charge in [-0.1, -0.05) is 18.2 Å². The molecule has 0 saturated carbocycles. The average molecular weight is 575 g/mol. The van der Waals surface area contributed by atoms with E-state index in [9.17, 15) is 5.11 Å². The molecule has 0 amide bonds. The molecule has 0 bridgehead atoms. The van der Waals surface area contributed by atoms with Crippen molar-refractivity contribution in [1.82, 2.24) is 0 Å². The SMILES string of the molecule is COc1cccc(CCc2cc(Oc3cc(CCc4ccc(OC)c(OC)c4)cc(O)c3OC)c(OC)cc2OC)c1. The van der Waals surface area contributed by atoms with Gasteiger partial charge in [-0.25, -0.2) is 0 Å². The molecule has 8 heteroatoms. The molecule has 1 N–H and O–H groups in total. The van der Waals surface area contributed by atoms with Gasteiger partial charge >= 0.3 is 0 Å². The molecule has 4 aromatic rings. The Kier molecular flexibility index (Phi) is 10.3. The number of ether oxygens (including phenoxy) is 7. The maximum Gasteiger partial charge on any atom is 0.203 e. The second-order valence-electron chi connectivity index (χ2n) is 9.60. The average Bonchev–Trinajstić information content (AvgIpc) is 3.02. The number of aromatic hydroxyl groups is 1. The smallest absolute Gasteiger partial charge is 0.203 e. The Morgan fingerprint density at radius 1 is 0.476 bits per heavy atom. The zero-order chi connectivity index (χ0) is 30.1. The van der Waals surface area contributed by atoms with Gasteiger partial charge in [0.15, 0.2) is 34.5 Å². The summed E-state index contributed by atoms with van der Waals surface area (Å²) < 4.78 is 39.3. The molecular weight excluding hydrogens is 536 g/mol. The highest BCUT2D eigenvalue weighted by Crippen LogP contribution is 2.44. The van der Waals surface area contributed by atoms with E-state index in [1.54, 1.807) is 41.6 Å². The number of methoxy groups -OCH3 is 6. The number of hydrogen-bond donors (Lipinski definition) is 1. The molecule has 0 fully saturated rings. The van der Waals surface area contributed by atoms with Gasteiger partial charge in [0.2, 0.25) is 5.75 Å². The van der Waals surface area contributed by atoms with Gasteiger partial charge in [0.25, 0.3) is 0 Å². The summed E-state index contributed by atoms with van der Waals surface area (Å²) in [6, 6.07) is 21.1. The van der Waals surface area contributed by atoms with E-state index < -0.39 is 0 Å². The quantitative estimate of drug-likeness (QED) is 0.176. The number of aryl methyl sites for hydroxylation is 4. The maximum atomic E-state index is 10.8. The molecule has 0 aliphatic heterocycles. The van der Waals surface area contributed by atoms with E-state index in [1.165, 1.54) is 7.11 Å². The van der Waals surface area contributed by atoms with Crippen LogP contribution < -0.4 is 33.2 Å². The van der Waals surface area contributed by atoms with E-state index in [1.807, 2.05) is 54.6 Å². The Hall–Kier alpha value is -4.72. The van der Waals surface area contributed by atoms with Crippen molar-refractivity contribution in [2.45, 2.75) is 25.7 Å². The predicted octanol–water partition coefficient (Wildman–Crippen LogP) is 6.81. The molecule has 0 atom stereocenters. The van der Waals surface area contributed by atoms with Crippen molar-refractivity contribution in [3.05, 3.63) is 89.0 Å². The van der Waals surface area contributed by atoms with Gasteiger partial charge in [0, 0.05) is 6.07 Å². The number of phenols is 1. The number of rotatable bonds is 14. The van der Waals surface area contributed by atoms with Crippen LogP contribution in [0, 0.1) is 0 Å². The summed E-state index contributed by atoms with van der Waals surface area (Å²) in [5.74, 6) is 4.44. The van der Waals surface area contributed by atoms with Gasteiger partial charge in [0.05, 0.1) is 42.7 Å². The highest BCUT2D eigenvalue weighted by atomic mass is 16.5. The molecular formula is C34H38O8. The highest BCUT2D eigenvalue weighted by molar-refractivity contribution is 5.58. The summed E-state index contributed by atoms with van der Waals surface area (Å²) in [5.41, 5.74) is 4.04. The van der Waals surface area contributed by atoms with Crippen molar-refractivity contribution < 1.29 is 38.3 Å². The Balaban J connectivity index is 1.60. The minimum Gasteiger partial charge on any atom is -0.504 e. The first-order valence-corrected chi connectivity index (χ1v) is 13.6. The number of benzene rings is 4. The molecule has 42 heavy (non-hydrogen) atoms. The Labute approximate surface area is 247 Å². The zero-order valence-electron chi connectivity index (χ0n) is 25.0. The molecule has 0 unspecified atom stereocenters. The molecule has 4 aromatic carbocycles. The first-order chi connectivity index (χ1) is 20.4. The van der Waals surface area contributed by atoms with Gasteiger partial charge in [-0.05, 0) is 90.4 Å². The van der Waals surface area contributed by atoms with E-state index in [-0.39, 0.29) is 11.5 Å². The molecule has 0 spiro atoms. The second-order valence-corrected chi connectivity index (χ2v) is 9.60. The maximum absolute atomic E-state index is 10.8. The van der Waals surface area contributed by atoms with Crippen LogP contribution in [0.2, 0.25) is 0 Å². The van der Waals surface area contributed by atoms with Crippen LogP contribution in [-0.4, -0.2) is 47.8 Å². The molecule has 0 aliphatic rings. The molecule has 0 radical (unpaired) electrons. The first kappa shape index (κ1) is 30.2. The van der Waals surface area contributed by atoms with Crippen LogP contribution in [0.15, 0.2) is 66.7 Å². The minimum atomic E-state index is -0.0111. The van der Waals surface area contributed by atoms with E-state index >= 15 is 0 Å². The lowest BCUT2D eigenvalue weighted by atomic mass is 10.0. The topological polar surface area (TPSA) is 84.8 Å². The van der Waals surface area contributed by atoms with Crippen LogP contribution in [0.3, 0.4) is 0 Å². The van der Waals surface area contributed by atoms with Crippen molar-refractivity contribution in [1.29, 1.82) is 0 Å². The molecule has 8 nitrogen and oxygen atoms in total. The lowest BCUT2D eigenvalue weighted by Gasteiger charge is -2.18. The zero-order valence-corrected chi connectivity index (χ0v) is 25.0. The number of phenolic OH excluding ortho intramolecular Hbond substituents is 1. The van der Waals surface area contributed by atoms with Crippen LogP contribution in [0.5, 0.6) is 51.7 Å². The minimum absolute atomic E-state index is 0.0111.